The Morgan fingerprint density at radius 3 is 2.53 bits per heavy atom. The van der Waals surface area contributed by atoms with E-state index >= 15 is 0 Å². The van der Waals surface area contributed by atoms with Gasteiger partial charge in [0.15, 0.2) is 5.17 Å². The molecule has 2 aliphatic rings. The van der Waals surface area contributed by atoms with Crippen LogP contribution in [0.4, 0.5) is 0 Å². The summed E-state index contributed by atoms with van der Waals surface area (Å²) in [5.74, 6) is 0.676. The summed E-state index contributed by atoms with van der Waals surface area (Å²) in [6.45, 7) is 5.01. The van der Waals surface area contributed by atoms with Crippen LogP contribution in [-0.4, -0.2) is 79.0 Å². The molecule has 7 nitrogen and oxygen atoms in total. The Hall–Kier alpha value is -1.91. The molecular weight excluding hydrogens is 490 g/mol. The molecule has 1 atom stereocenters. The van der Waals surface area contributed by atoms with E-state index in [-0.39, 0.29) is 5.92 Å². The fourth-order valence-electron chi connectivity index (χ4n) is 4.14. The number of hydrogen-bond acceptors (Lipinski definition) is 5. The minimum Gasteiger partial charge on any atom is -0.305 e. The third-order valence-electron chi connectivity index (χ3n) is 5.95. The molecule has 1 saturated heterocycles. The van der Waals surface area contributed by atoms with Crippen LogP contribution in [0.3, 0.4) is 0 Å². The highest BCUT2D eigenvalue weighted by Crippen LogP contribution is 2.31. The summed E-state index contributed by atoms with van der Waals surface area (Å²) in [6, 6.07) is 17.8. The summed E-state index contributed by atoms with van der Waals surface area (Å²) in [7, 11) is -1.80. The molecular formula is C24H30ClN5O2S2. The molecule has 1 fully saturated rings. The standard InChI is InChI=1S/C24H30ClN5O2S2/c1-3-33-24(27-34(31,32)29-15-7-14-28(2)16-17-29)30-18-22(19-8-5-4-6-9-19)23(26-30)20-10-12-21(25)13-11-20/h4-6,8-13,22H,3,7,14-18H2,1-2H3. The second kappa shape index (κ2) is 11.2. The second-order valence-electron chi connectivity index (χ2n) is 8.38. The van der Waals surface area contributed by atoms with Gasteiger partial charge in [0.05, 0.1) is 12.3 Å². The van der Waals surface area contributed by atoms with Crippen molar-refractivity contribution in [3.05, 3.63) is 70.7 Å². The molecule has 2 heterocycles. The third kappa shape index (κ3) is 6.01. The molecule has 2 aromatic carbocycles. The monoisotopic (exact) mass is 519 g/mol. The molecule has 0 saturated carbocycles. The SMILES string of the molecule is CCSC(=NS(=O)(=O)N1CCCN(C)CC1)N1CC(c2ccccc2)C(c2ccc(Cl)cc2)=N1. The molecule has 1 unspecified atom stereocenters. The van der Waals surface area contributed by atoms with Crippen LogP contribution in [0, 0.1) is 0 Å². The molecule has 2 aliphatic heterocycles. The molecule has 0 bridgehead atoms. The Kier molecular flexibility index (Phi) is 8.31. The lowest BCUT2D eigenvalue weighted by molar-refractivity contribution is 0.347. The fourth-order valence-corrected chi connectivity index (χ4v) is 6.36. The van der Waals surface area contributed by atoms with Crippen LogP contribution >= 0.6 is 23.4 Å². The number of hydrazone groups is 1. The fraction of sp³-hybridized carbons (Fsp3) is 0.417. The molecule has 2 aromatic rings. The van der Waals surface area contributed by atoms with Gasteiger partial charge in [0.2, 0.25) is 0 Å². The molecule has 0 spiro atoms. The predicted octanol–water partition coefficient (Wildman–Crippen LogP) is 4.13. The van der Waals surface area contributed by atoms with E-state index in [2.05, 4.69) is 21.4 Å². The van der Waals surface area contributed by atoms with Crippen LogP contribution in [-0.2, 0) is 10.2 Å². The van der Waals surface area contributed by atoms with Gasteiger partial charge in [-0.05, 0) is 49.0 Å². The first-order valence-electron chi connectivity index (χ1n) is 11.5. The average molecular weight is 520 g/mol. The van der Waals surface area contributed by atoms with Gasteiger partial charge in [0, 0.05) is 30.6 Å². The highest BCUT2D eigenvalue weighted by molar-refractivity contribution is 8.14. The maximum atomic E-state index is 13.2. The number of hydrogen-bond donors (Lipinski definition) is 0. The molecule has 182 valence electrons. The van der Waals surface area contributed by atoms with Crippen molar-refractivity contribution < 1.29 is 8.42 Å². The van der Waals surface area contributed by atoms with E-state index in [9.17, 15) is 8.42 Å². The first-order chi connectivity index (χ1) is 16.4. The summed E-state index contributed by atoms with van der Waals surface area (Å²) < 4.78 is 32.3. The van der Waals surface area contributed by atoms with Gasteiger partial charge in [-0.15, -0.1) is 4.40 Å². The van der Waals surface area contributed by atoms with Crippen LogP contribution in [0.15, 0.2) is 64.1 Å². The molecule has 0 amide bonds. The zero-order chi connectivity index (χ0) is 24.1. The zero-order valence-electron chi connectivity index (χ0n) is 19.5. The maximum Gasteiger partial charge on any atom is 0.324 e. The minimum absolute atomic E-state index is 0.0143. The second-order valence-corrected chi connectivity index (χ2v) is 11.6. The Morgan fingerprint density at radius 2 is 1.82 bits per heavy atom. The molecule has 4 rings (SSSR count). The smallest absolute Gasteiger partial charge is 0.305 e. The van der Waals surface area contributed by atoms with E-state index < -0.39 is 10.2 Å². The number of rotatable bonds is 5. The topological polar surface area (TPSA) is 68.6 Å². The largest absolute Gasteiger partial charge is 0.324 e. The first-order valence-corrected chi connectivity index (χ1v) is 14.2. The van der Waals surface area contributed by atoms with Crippen molar-refractivity contribution in [3.8, 4) is 0 Å². The Morgan fingerprint density at radius 1 is 1.09 bits per heavy atom. The molecule has 10 heteroatoms. The summed E-state index contributed by atoms with van der Waals surface area (Å²) in [6.07, 6.45) is 0.792. The zero-order valence-corrected chi connectivity index (χ0v) is 21.9. The van der Waals surface area contributed by atoms with Crippen molar-refractivity contribution in [3.63, 3.8) is 0 Å². The van der Waals surface area contributed by atoms with Crippen molar-refractivity contribution >= 4 is 44.5 Å². The highest BCUT2D eigenvalue weighted by atomic mass is 35.5. The van der Waals surface area contributed by atoms with Crippen LogP contribution < -0.4 is 0 Å². The normalized spacial score (nSPS) is 20.9. The van der Waals surface area contributed by atoms with E-state index in [1.165, 1.54) is 16.1 Å². The van der Waals surface area contributed by atoms with Crippen molar-refractivity contribution in [2.75, 3.05) is 45.5 Å². The summed E-state index contributed by atoms with van der Waals surface area (Å²) in [5.41, 5.74) is 2.96. The number of nitrogens with zero attached hydrogens (tertiary/aromatic N) is 5. The van der Waals surface area contributed by atoms with E-state index in [1.807, 2.05) is 56.4 Å². The summed E-state index contributed by atoms with van der Waals surface area (Å²) in [5, 5.41) is 7.70. The summed E-state index contributed by atoms with van der Waals surface area (Å²) in [4.78, 5) is 2.15. The van der Waals surface area contributed by atoms with Crippen LogP contribution in [0.1, 0.15) is 30.4 Å². The number of thioether (sulfide) groups is 1. The number of benzene rings is 2. The van der Waals surface area contributed by atoms with Crippen molar-refractivity contribution in [2.24, 2.45) is 9.50 Å². The Labute approximate surface area is 211 Å². The van der Waals surface area contributed by atoms with Crippen molar-refractivity contribution in [1.82, 2.24) is 14.2 Å². The van der Waals surface area contributed by atoms with E-state index in [4.69, 9.17) is 16.7 Å². The van der Waals surface area contributed by atoms with Gasteiger partial charge in [0.25, 0.3) is 0 Å². The maximum absolute atomic E-state index is 13.2. The number of likely N-dealkylation sites (N-methyl/N-ethyl adjacent to an activating group) is 1. The van der Waals surface area contributed by atoms with Gasteiger partial charge >= 0.3 is 10.2 Å². The molecule has 0 aliphatic carbocycles. The van der Waals surface area contributed by atoms with Gasteiger partial charge in [-0.2, -0.15) is 17.8 Å². The lowest BCUT2D eigenvalue weighted by Crippen LogP contribution is -2.35. The lowest BCUT2D eigenvalue weighted by atomic mass is 9.91. The van der Waals surface area contributed by atoms with Gasteiger partial charge in [-0.3, -0.25) is 0 Å². The third-order valence-corrected chi connectivity index (χ3v) is 8.59. The Balaban J connectivity index is 1.68. The first kappa shape index (κ1) is 25.2. The van der Waals surface area contributed by atoms with Gasteiger partial charge < -0.3 is 4.90 Å². The van der Waals surface area contributed by atoms with E-state index in [0.717, 1.165) is 29.8 Å². The predicted molar refractivity (Wildman–Crippen MR) is 142 cm³/mol. The van der Waals surface area contributed by atoms with Gasteiger partial charge in [0.1, 0.15) is 0 Å². The average Bonchev–Trinajstić information content (AvgIpc) is 3.15. The lowest BCUT2D eigenvalue weighted by Gasteiger charge is -2.21. The van der Waals surface area contributed by atoms with Crippen molar-refractivity contribution in [1.29, 1.82) is 0 Å². The molecule has 0 radical (unpaired) electrons. The molecule has 0 aromatic heterocycles. The van der Waals surface area contributed by atoms with E-state index in [0.29, 0.717) is 42.1 Å². The van der Waals surface area contributed by atoms with Crippen LogP contribution in [0.5, 0.6) is 0 Å². The molecule has 0 N–H and O–H groups in total. The number of amidine groups is 1. The summed E-state index contributed by atoms with van der Waals surface area (Å²) >= 11 is 7.51. The van der Waals surface area contributed by atoms with Crippen LogP contribution in [0.25, 0.3) is 0 Å². The van der Waals surface area contributed by atoms with Gasteiger partial charge in [-0.1, -0.05) is 72.8 Å². The number of halogens is 1. The Bertz CT molecular complexity index is 1140. The van der Waals surface area contributed by atoms with Crippen molar-refractivity contribution in [2.45, 2.75) is 19.3 Å². The van der Waals surface area contributed by atoms with E-state index in [1.54, 1.807) is 5.01 Å². The minimum atomic E-state index is -3.81. The molecule has 34 heavy (non-hydrogen) atoms. The van der Waals surface area contributed by atoms with Gasteiger partial charge in [-0.25, -0.2) is 5.01 Å². The highest BCUT2D eigenvalue weighted by Gasteiger charge is 2.33. The van der Waals surface area contributed by atoms with Crippen LogP contribution in [0.2, 0.25) is 5.02 Å². The quantitative estimate of drug-likeness (QED) is 0.439.